The molecule has 0 aliphatic rings. The fraction of sp³-hybridized carbons (Fsp3) is 0.898. The first-order chi connectivity index (χ1) is 32.0. The van der Waals surface area contributed by atoms with E-state index in [9.17, 15) is 19.8 Å². The molecule has 0 bridgehead atoms. The molecule has 0 saturated heterocycles. The molecule has 384 valence electrons. The molecule has 0 aromatic rings. The lowest BCUT2D eigenvalue weighted by atomic mass is 10.0. The number of esters is 1. The highest BCUT2D eigenvalue weighted by molar-refractivity contribution is 5.76. The summed E-state index contributed by atoms with van der Waals surface area (Å²) >= 11 is 0. The van der Waals surface area contributed by atoms with Crippen LogP contribution >= 0.6 is 0 Å². The molecule has 0 aromatic heterocycles. The van der Waals surface area contributed by atoms with Crippen molar-refractivity contribution in [3.05, 3.63) is 24.3 Å². The first-order valence-electron chi connectivity index (χ1n) is 29.1. The number of unbranched alkanes of at least 4 members (excludes halogenated alkanes) is 39. The van der Waals surface area contributed by atoms with E-state index in [0.717, 1.165) is 44.9 Å². The average Bonchev–Trinajstić information content (AvgIpc) is 3.31. The number of allylic oxidation sites excluding steroid dienone is 4. The van der Waals surface area contributed by atoms with E-state index in [-0.39, 0.29) is 18.5 Å². The topological polar surface area (TPSA) is 95.9 Å². The third-order valence-electron chi connectivity index (χ3n) is 13.5. The Kier molecular flexibility index (Phi) is 53.5. The van der Waals surface area contributed by atoms with Crippen molar-refractivity contribution >= 4 is 11.9 Å². The third-order valence-corrected chi connectivity index (χ3v) is 13.5. The van der Waals surface area contributed by atoms with Crippen molar-refractivity contribution in [1.29, 1.82) is 0 Å². The molecule has 6 nitrogen and oxygen atoms in total. The van der Waals surface area contributed by atoms with Gasteiger partial charge >= 0.3 is 5.97 Å². The van der Waals surface area contributed by atoms with Crippen LogP contribution in [-0.4, -0.2) is 47.4 Å². The van der Waals surface area contributed by atoms with Gasteiger partial charge in [-0.15, -0.1) is 0 Å². The number of amides is 1. The van der Waals surface area contributed by atoms with Crippen molar-refractivity contribution < 1.29 is 24.5 Å². The van der Waals surface area contributed by atoms with E-state index in [1.54, 1.807) is 0 Å². The summed E-state index contributed by atoms with van der Waals surface area (Å²) < 4.78 is 5.45. The largest absolute Gasteiger partial charge is 0.466 e. The predicted molar refractivity (Wildman–Crippen MR) is 283 cm³/mol. The van der Waals surface area contributed by atoms with Gasteiger partial charge in [0, 0.05) is 12.8 Å². The third kappa shape index (κ3) is 51.6. The lowest BCUT2D eigenvalue weighted by Gasteiger charge is -2.22. The zero-order valence-corrected chi connectivity index (χ0v) is 43.7. The first-order valence-corrected chi connectivity index (χ1v) is 29.1. The van der Waals surface area contributed by atoms with Crippen LogP contribution in [0.5, 0.6) is 0 Å². The van der Waals surface area contributed by atoms with Gasteiger partial charge in [0.15, 0.2) is 0 Å². The quantitative estimate of drug-likeness (QED) is 0.0321. The summed E-state index contributed by atoms with van der Waals surface area (Å²) in [5.41, 5.74) is 0. The second kappa shape index (κ2) is 54.9. The molecule has 6 heteroatoms. The maximum atomic E-state index is 12.4. The number of hydrogen-bond acceptors (Lipinski definition) is 5. The van der Waals surface area contributed by atoms with Crippen LogP contribution in [0.3, 0.4) is 0 Å². The van der Waals surface area contributed by atoms with Gasteiger partial charge in [0.25, 0.3) is 0 Å². The molecule has 2 unspecified atom stereocenters. The lowest BCUT2D eigenvalue weighted by molar-refractivity contribution is -0.143. The highest BCUT2D eigenvalue weighted by Gasteiger charge is 2.20. The normalized spacial score (nSPS) is 12.7. The Hall–Kier alpha value is -1.66. The summed E-state index contributed by atoms with van der Waals surface area (Å²) in [6.45, 7) is 4.91. The molecule has 0 fully saturated rings. The van der Waals surface area contributed by atoms with Crippen LogP contribution in [0.2, 0.25) is 0 Å². The number of ether oxygens (including phenoxy) is 1. The monoisotopic (exact) mass is 916 g/mol. The van der Waals surface area contributed by atoms with E-state index in [0.29, 0.717) is 25.9 Å². The SMILES string of the molecule is CCCC/C=C\CCCCCCCC(=O)OCCCCCCCCCCCCCC/C=C\CCCCCCCCCCCCC(=O)NC(CO)C(O)CCCCCCCCCCCCC. The predicted octanol–water partition coefficient (Wildman–Crippen LogP) is 17.9. The van der Waals surface area contributed by atoms with Crippen LogP contribution in [-0.2, 0) is 14.3 Å². The summed E-state index contributed by atoms with van der Waals surface area (Å²) in [6.07, 6.45) is 66.1. The Morgan fingerprint density at radius 1 is 0.415 bits per heavy atom. The molecule has 65 heavy (non-hydrogen) atoms. The smallest absolute Gasteiger partial charge is 0.305 e. The minimum Gasteiger partial charge on any atom is -0.466 e. The molecule has 0 saturated carbocycles. The fourth-order valence-corrected chi connectivity index (χ4v) is 8.97. The van der Waals surface area contributed by atoms with Crippen LogP contribution in [0.15, 0.2) is 24.3 Å². The van der Waals surface area contributed by atoms with Gasteiger partial charge in [-0.3, -0.25) is 9.59 Å². The van der Waals surface area contributed by atoms with Crippen molar-refractivity contribution in [2.24, 2.45) is 0 Å². The van der Waals surface area contributed by atoms with E-state index in [4.69, 9.17) is 4.74 Å². The van der Waals surface area contributed by atoms with E-state index in [2.05, 4.69) is 43.5 Å². The van der Waals surface area contributed by atoms with Crippen LogP contribution < -0.4 is 5.32 Å². The van der Waals surface area contributed by atoms with E-state index in [1.807, 2.05) is 0 Å². The summed E-state index contributed by atoms with van der Waals surface area (Å²) in [7, 11) is 0. The molecule has 1 amide bonds. The Morgan fingerprint density at radius 2 is 0.738 bits per heavy atom. The number of rotatable bonds is 54. The highest BCUT2D eigenvalue weighted by Crippen LogP contribution is 2.17. The molecule has 0 aromatic carbocycles. The number of aliphatic hydroxyl groups is 2. The van der Waals surface area contributed by atoms with Gasteiger partial charge in [-0.05, 0) is 70.6 Å². The maximum Gasteiger partial charge on any atom is 0.305 e. The summed E-state index contributed by atoms with van der Waals surface area (Å²) in [5, 5.41) is 23.2. The van der Waals surface area contributed by atoms with Crippen LogP contribution in [0.4, 0.5) is 0 Å². The summed E-state index contributed by atoms with van der Waals surface area (Å²) in [4.78, 5) is 24.4. The van der Waals surface area contributed by atoms with E-state index < -0.39 is 12.1 Å². The number of carbonyl (C=O) groups is 2. The Labute approximate surface area is 405 Å². The molecule has 0 aliphatic heterocycles. The zero-order valence-electron chi connectivity index (χ0n) is 43.7. The number of carbonyl (C=O) groups excluding carboxylic acids is 2. The van der Waals surface area contributed by atoms with E-state index in [1.165, 1.54) is 238 Å². The minimum atomic E-state index is -0.663. The molecule has 0 spiro atoms. The van der Waals surface area contributed by atoms with Crippen molar-refractivity contribution in [1.82, 2.24) is 5.32 Å². The molecule has 3 N–H and O–H groups in total. The fourth-order valence-electron chi connectivity index (χ4n) is 8.97. The van der Waals surface area contributed by atoms with Crippen molar-refractivity contribution in [3.63, 3.8) is 0 Å². The van der Waals surface area contributed by atoms with Crippen LogP contribution in [0.1, 0.15) is 316 Å². The average molecular weight is 917 g/mol. The number of aliphatic hydroxyl groups excluding tert-OH is 2. The van der Waals surface area contributed by atoms with Gasteiger partial charge in [-0.1, -0.05) is 256 Å². The minimum absolute atomic E-state index is 0.00310. The lowest BCUT2D eigenvalue weighted by Crippen LogP contribution is -2.45. The van der Waals surface area contributed by atoms with Gasteiger partial charge in [0.1, 0.15) is 0 Å². The van der Waals surface area contributed by atoms with Crippen molar-refractivity contribution in [3.8, 4) is 0 Å². The number of nitrogens with one attached hydrogen (secondary N) is 1. The highest BCUT2D eigenvalue weighted by atomic mass is 16.5. The zero-order chi connectivity index (χ0) is 47.2. The van der Waals surface area contributed by atoms with Crippen molar-refractivity contribution in [2.75, 3.05) is 13.2 Å². The van der Waals surface area contributed by atoms with Gasteiger partial charge in [-0.25, -0.2) is 0 Å². The van der Waals surface area contributed by atoms with Crippen molar-refractivity contribution in [2.45, 2.75) is 328 Å². The first kappa shape index (κ1) is 63.3. The second-order valence-electron chi connectivity index (χ2n) is 20.0. The molecule has 0 heterocycles. The Bertz CT molecular complexity index is 1010. The molecular weight excluding hydrogens is 803 g/mol. The van der Waals surface area contributed by atoms with Gasteiger partial charge in [-0.2, -0.15) is 0 Å². The Morgan fingerprint density at radius 3 is 1.14 bits per heavy atom. The van der Waals surface area contributed by atoms with Crippen LogP contribution in [0.25, 0.3) is 0 Å². The molecule has 0 radical (unpaired) electrons. The molecule has 0 rings (SSSR count). The van der Waals surface area contributed by atoms with Gasteiger partial charge < -0.3 is 20.3 Å². The molecule has 2 atom stereocenters. The maximum absolute atomic E-state index is 12.4. The van der Waals surface area contributed by atoms with Crippen LogP contribution in [0, 0.1) is 0 Å². The number of hydrogen-bond donors (Lipinski definition) is 3. The summed E-state index contributed by atoms with van der Waals surface area (Å²) in [6, 6.07) is -0.541. The second-order valence-corrected chi connectivity index (χ2v) is 20.0. The van der Waals surface area contributed by atoms with Gasteiger partial charge in [0.2, 0.25) is 5.91 Å². The standard InChI is InChI=1S/C59H113NO5/c1-3-5-7-9-11-13-31-35-39-43-47-51-57(62)56(55-61)60-58(63)52-48-44-40-36-33-29-27-25-23-21-19-17-15-16-18-20-22-24-26-28-30-34-38-42-46-50-54-65-59(64)53-49-45-41-37-32-14-12-10-8-6-4-2/h10,12,15,17,56-57,61-62H,3-9,11,13-14,16,18-55H2,1-2H3,(H,60,63)/b12-10-,17-15-. The molecule has 0 aliphatic carbocycles. The van der Waals surface area contributed by atoms with E-state index >= 15 is 0 Å². The van der Waals surface area contributed by atoms with Gasteiger partial charge in [0.05, 0.1) is 25.4 Å². The summed E-state index contributed by atoms with van der Waals surface area (Å²) in [5.74, 6) is -0.0342. The Balaban J connectivity index is 3.38. The molecular formula is C59H113NO5.